The van der Waals surface area contributed by atoms with E-state index in [2.05, 4.69) is 26.6 Å². The van der Waals surface area contributed by atoms with Crippen LogP contribution in [0, 0.1) is 0 Å². The summed E-state index contributed by atoms with van der Waals surface area (Å²) in [7, 11) is 0. The number of benzene rings is 3. The molecule has 0 heterocycles. The molecule has 0 aliphatic rings. The molecule has 5 heteroatoms. The van der Waals surface area contributed by atoms with E-state index in [9.17, 15) is 9.59 Å². The largest absolute Gasteiger partial charge is 0.326 e. The Morgan fingerprint density at radius 2 is 1.44 bits per heavy atom. The number of nitrogens with one attached hydrogen (secondary N) is 2. The van der Waals surface area contributed by atoms with Gasteiger partial charge in [-0.3, -0.25) is 9.59 Å². The molecule has 0 radical (unpaired) electrons. The number of carbonyl (C=O) groups is 2. The smallest absolute Gasteiger partial charge is 0.256 e. The Bertz CT molecular complexity index is 942. The molecule has 4 nitrogen and oxygen atoms in total. The molecular formula is C22H19BrN2O2. The van der Waals surface area contributed by atoms with Crippen LogP contribution in [0.15, 0.2) is 83.3 Å². The Kier molecular flexibility index (Phi) is 6.39. The fraction of sp³-hybridized carbons (Fsp3) is 0.0909. The van der Waals surface area contributed by atoms with E-state index >= 15 is 0 Å². The van der Waals surface area contributed by atoms with Crippen LogP contribution in [0.5, 0.6) is 0 Å². The quantitative estimate of drug-likeness (QED) is 0.567. The molecule has 0 bridgehead atoms. The number of hydrogen-bond acceptors (Lipinski definition) is 2. The van der Waals surface area contributed by atoms with Crippen molar-refractivity contribution in [1.29, 1.82) is 0 Å². The van der Waals surface area contributed by atoms with E-state index in [1.165, 1.54) is 0 Å². The maximum absolute atomic E-state index is 12.4. The molecule has 2 N–H and O–H groups in total. The lowest BCUT2D eigenvalue weighted by Crippen LogP contribution is -2.14. The van der Waals surface area contributed by atoms with E-state index in [0.717, 1.165) is 10.0 Å². The average Bonchev–Trinajstić information content (AvgIpc) is 2.68. The van der Waals surface area contributed by atoms with Crippen molar-refractivity contribution in [1.82, 2.24) is 0 Å². The van der Waals surface area contributed by atoms with Crippen molar-refractivity contribution < 1.29 is 9.59 Å². The molecule has 3 aromatic rings. The average molecular weight is 423 g/mol. The number of anilines is 2. The molecule has 27 heavy (non-hydrogen) atoms. The zero-order valence-corrected chi connectivity index (χ0v) is 16.2. The van der Waals surface area contributed by atoms with Crippen molar-refractivity contribution in [3.63, 3.8) is 0 Å². The molecule has 0 aromatic heterocycles. The molecule has 3 aromatic carbocycles. The maximum atomic E-state index is 12.4. The first-order valence-corrected chi connectivity index (χ1v) is 9.41. The summed E-state index contributed by atoms with van der Waals surface area (Å²) in [5.74, 6) is -0.275. The third-order valence-electron chi connectivity index (χ3n) is 4.01. The molecular weight excluding hydrogens is 404 g/mol. The highest BCUT2D eigenvalue weighted by Crippen LogP contribution is 2.20. The third-order valence-corrected chi connectivity index (χ3v) is 4.70. The Hall–Kier alpha value is -2.92. The van der Waals surface area contributed by atoms with Gasteiger partial charge in [0, 0.05) is 22.3 Å². The lowest BCUT2D eigenvalue weighted by atomic mass is 10.1. The Balaban J connectivity index is 1.59. The molecule has 3 rings (SSSR count). The number of halogens is 1. The van der Waals surface area contributed by atoms with Crippen molar-refractivity contribution in [2.45, 2.75) is 12.8 Å². The van der Waals surface area contributed by atoms with Gasteiger partial charge in [-0.25, -0.2) is 0 Å². The molecule has 0 atom stereocenters. The number of hydrogen-bond donors (Lipinski definition) is 2. The predicted molar refractivity (Wildman–Crippen MR) is 112 cm³/mol. The number of amides is 2. The summed E-state index contributed by atoms with van der Waals surface area (Å²) in [6, 6.07) is 24.2. The molecule has 2 amide bonds. The van der Waals surface area contributed by atoms with Gasteiger partial charge >= 0.3 is 0 Å². The molecule has 0 saturated heterocycles. The summed E-state index contributed by atoms with van der Waals surface area (Å²) in [6.45, 7) is 0. The van der Waals surface area contributed by atoms with Crippen LogP contribution in [0.2, 0.25) is 0 Å². The first kappa shape index (κ1) is 18.9. The van der Waals surface area contributed by atoms with Crippen molar-refractivity contribution in [3.05, 3.63) is 94.5 Å². The second-order valence-electron chi connectivity index (χ2n) is 6.05. The topological polar surface area (TPSA) is 58.2 Å². The van der Waals surface area contributed by atoms with E-state index in [1.807, 2.05) is 48.5 Å². The minimum absolute atomic E-state index is 0.0619. The van der Waals surface area contributed by atoms with Crippen LogP contribution >= 0.6 is 15.9 Å². The summed E-state index contributed by atoms with van der Waals surface area (Å²) in [4.78, 5) is 24.6. The van der Waals surface area contributed by atoms with Crippen molar-refractivity contribution in [2.75, 3.05) is 10.6 Å². The standard InChI is InChI=1S/C22H19BrN2O2/c23-20-12-5-4-11-19(20)22(27)25-18-10-6-9-17(15-18)24-21(26)14-13-16-7-2-1-3-8-16/h1-12,15H,13-14H2,(H,24,26)(H,25,27). The van der Waals surface area contributed by atoms with Crippen LogP contribution in [0.3, 0.4) is 0 Å². The Labute approximate surface area is 166 Å². The van der Waals surface area contributed by atoms with Gasteiger partial charge in [-0.05, 0) is 58.2 Å². The van der Waals surface area contributed by atoms with Crippen LogP contribution in [-0.4, -0.2) is 11.8 Å². The fourth-order valence-electron chi connectivity index (χ4n) is 2.64. The van der Waals surface area contributed by atoms with Crippen LogP contribution in [0.25, 0.3) is 0 Å². The zero-order valence-electron chi connectivity index (χ0n) is 14.6. The SMILES string of the molecule is O=C(CCc1ccccc1)Nc1cccc(NC(=O)c2ccccc2Br)c1. The molecule has 136 valence electrons. The highest BCUT2D eigenvalue weighted by molar-refractivity contribution is 9.10. The van der Waals surface area contributed by atoms with E-state index in [-0.39, 0.29) is 11.8 Å². The Morgan fingerprint density at radius 1 is 0.778 bits per heavy atom. The second kappa shape index (κ2) is 9.14. The molecule has 0 unspecified atom stereocenters. The molecule has 0 saturated carbocycles. The van der Waals surface area contributed by atoms with Gasteiger partial charge in [-0.15, -0.1) is 0 Å². The first-order valence-electron chi connectivity index (χ1n) is 8.61. The summed E-state index contributed by atoms with van der Waals surface area (Å²) in [6.07, 6.45) is 1.09. The van der Waals surface area contributed by atoms with Gasteiger partial charge < -0.3 is 10.6 Å². The van der Waals surface area contributed by atoms with Gasteiger partial charge in [-0.1, -0.05) is 48.5 Å². The number of carbonyl (C=O) groups excluding carboxylic acids is 2. The molecule has 0 aliphatic carbocycles. The van der Waals surface area contributed by atoms with E-state index < -0.39 is 0 Å². The number of rotatable bonds is 6. The van der Waals surface area contributed by atoms with Crippen LogP contribution < -0.4 is 10.6 Å². The Morgan fingerprint density at radius 3 is 2.19 bits per heavy atom. The predicted octanol–water partition coefficient (Wildman–Crippen LogP) is 5.27. The first-order chi connectivity index (χ1) is 13.1. The molecule has 0 fully saturated rings. The summed E-state index contributed by atoms with van der Waals surface area (Å²) in [5, 5.41) is 5.73. The lowest BCUT2D eigenvalue weighted by Gasteiger charge is -2.10. The van der Waals surface area contributed by atoms with Gasteiger partial charge in [0.25, 0.3) is 5.91 Å². The van der Waals surface area contributed by atoms with Crippen LogP contribution in [-0.2, 0) is 11.2 Å². The van der Waals surface area contributed by atoms with Gasteiger partial charge in [0.1, 0.15) is 0 Å². The fourth-order valence-corrected chi connectivity index (χ4v) is 3.11. The van der Waals surface area contributed by atoms with E-state index in [0.29, 0.717) is 29.8 Å². The summed E-state index contributed by atoms with van der Waals surface area (Å²) >= 11 is 3.38. The van der Waals surface area contributed by atoms with E-state index in [1.54, 1.807) is 30.3 Å². The molecule has 0 spiro atoms. The van der Waals surface area contributed by atoms with Crippen molar-refractivity contribution in [2.24, 2.45) is 0 Å². The minimum Gasteiger partial charge on any atom is -0.326 e. The highest BCUT2D eigenvalue weighted by Gasteiger charge is 2.10. The van der Waals surface area contributed by atoms with Gasteiger partial charge in [-0.2, -0.15) is 0 Å². The number of aryl methyl sites for hydroxylation is 1. The third kappa shape index (κ3) is 5.53. The van der Waals surface area contributed by atoms with Gasteiger partial charge in [0.15, 0.2) is 0 Å². The van der Waals surface area contributed by atoms with Crippen LogP contribution in [0.4, 0.5) is 11.4 Å². The van der Waals surface area contributed by atoms with Crippen LogP contribution in [0.1, 0.15) is 22.3 Å². The second-order valence-corrected chi connectivity index (χ2v) is 6.90. The normalized spacial score (nSPS) is 10.3. The summed E-state index contributed by atoms with van der Waals surface area (Å²) in [5.41, 5.74) is 2.95. The maximum Gasteiger partial charge on any atom is 0.256 e. The van der Waals surface area contributed by atoms with Crippen molar-refractivity contribution >= 4 is 39.1 Å². The monoisotopic (exact) mass is 422 g/mol. The zero-order chi connectivity index (χ0) is 19.1. The highest BCUT2D eigenvalue weighted by atomic mass is 79.9. The minimum atomic E-state index is -0.213. The van der Waals surface area contributed by atoms with Crippen molar-refractivity contribution in [3.8, 4) is 0 Å². The molecule has 0 aliphatic heterocycles. The summed E-state index contributed by atoms with van der Waals surface area (Å²) < 4.78 is 0.730. The van der Waals surface area contributed by atoms with Gasteiger partial charge in [0.05, 0.1) is 5.56 Å². The van der Waals surface area contributed by atoms with E-state index in [4.69, 9.17) is 0 Å². The lowest BCUT2D eigenvalue weighted by molar-refractivity contribution is -0.116. The van der Waals surface area contributed by atoms with Gasteiger partial charge in [0.2, 0.25) is 5.91 Å².